The Balaban J connectivity index is 1.69. The molecule has 5 nitrogen and oxygen atoms in total. The Labute approximate surface area is 158 Å². The molecular formula is C20H22ClN5. The van der Waals surface area contributed by atoms with Gasteiger partial charge in [-0.2, -0.15) is 0 Å². The van der Waals surface area contributed by atoms with Crippen LogP contribution in [0.5, 0.6) is 0 Å². The minimum Gasteiger partial charge on any atom is -0.368 e. The van der Waals surface area contributed by atoms with Crippen molar-refractivity contribution < 1.29 is 0 Å². The monoisotopic (exact) mass is 367 g/mol. The van der Waals surface area contributed by atoms with E-state index in [9.17, 15) is 0 Å². The molecule has 0 spiro atoms. The minimum absolute atomic E-state index is 0.606. The van der Waals surface area contributed by atoms with Crippen LogP contribution < -0.4 is 10.6 Å². The maximum Gasteiger partial charge on any atom is 0.154 e. The van der Waals surface area contributed by atoms with E-state index in [-0.39, 0.29) is 0 Å². The standard InChI is InChI=1S/C20H22ClN5/c1-13-4-5-15(9-16(13)21)17-10-18-19(24-8-7-23-18)20(26-17)25-12-14-3-2-6-22-11-14/h4-5,7-10,14,22H,2-3,6,11-12H2,1H3,(H,25,26)/t14-/m1/s1. The molecule has 0 aliphatic carbocycles. The maximum atomic E-state index is 6.31. The van der Waals surface area contributed by atoms with Crippen LogP contribution in [0.4, 0.5) is 5.82 Å². The van der Waals surface area contributed by atoms with Crippen molar-refractivity contribution in [3.63, 3.8) is 0 Å². The third-order valence-electron chi connectivity index (χ3n) is 4.88. The molecule has 134 valence electrons. The van der Waals surface area contributed by atoms with Gasteiger partial charge in [0.05, 0.1) is 11.2 Å². The molecule has 2 aromatic heterocycles. The number of pyridine rings is 1. The SMILES string of the molecule is Cc1ccc(-c2cc3nccnc3c(NC[C@@H]3CCCNC3)n2)cc1Cl. The lowest BCUT2D eigenvalue weighted by atomic mass is 10.00. The van der Waals surface area contributed by atoms with E-state index in [0.29, 0.717) is 5.92 Å². The third kappa shape index (κ3) is 3.64. The summed E-state index contributed by atoms with van der Waals surface area (Å²) in [5.74, 6) is 1.39. The lowest BCUT2D eigenvalue weighted by Gasteiger charge is -2.23. The van der Waals surface area contributed by atoms with Crippen LogP contribution in [-0.2, 0) is 0 Å². The highest BCUT2D eigenvalue weighted by Gasteiger charge is 2.15. The maximum absolute atomic E-state index is 6.31. The molecule has 4 rings (SSSR count). The normalized spacial score (nSPS) is 17.4. The molecule has 3 heterocycles. The molecular weight excluding hydrogens is 346 g/mol. The van der Waals surface area contributed by atoms with Gasteiger partial charge in [0.1, 0.15) is 5.52 Å². The van der Waals surface area contributed by atoms with Crippen molar-refractivity contribution >= 4 is 28.5 Å². The third-order valence-corrected chi connectivity index (χ3v) is 5.29. The molecule has 1 atom stereocenters. The predicted molar refractivity (Wildman–Crippen MR) is 107 cm³/mol. The highest BCUT2D eigenvalue weighted by Crippen LogP contribution is 2.28. The van der Waals surface area contributed by atoms with Crippen molar-refractivity contribution in [3.05, 3.63) is 47.2 Å². The van der Waals surface area contributed by atoms with E-state index >= 15 is 0 Å². The van der Waals surface area contributed by atoms with Crippen LogP contribution in [0.25, 0.3) is 22.3 Å². The summed E-state index contributed by atoms with van der Waals surface area (Å²) in [6, 6.07) is 7.98. The van der Waals surface area contributed by atoms with Crippen molar-refractivity contribution in [1.82, 2.24) is 20.3 Å². The molecule has 1 aromatic carbocycles. The summed E-state index contributed by atoms with van der Waals surface area (Å²) in [7, 11) is 0. The quantitative estimate of drug-likeness (QED) is 0.728. The van der Waals surface area contributed by atoms with Gasteiger partial charge < -0.3 is 10.6 Å². The second kappa shape index (κ2) is 7.56. The number of benzene rings is 1. The van der Waals surface area contributed by atoms with Crippen molar-refractivity contribution in [2.75, 3.05) is 25.0 Å². The smallest absolute Gasteiger partial charge is 0.154 e. The lowest BCUT2D eigenvalue weighted by molar-refractivity contribution is 0.392. The van der Waals surface area contributed by atoms with Crippen LogP contribution in [0.2, 0.25) is 5.02 Å². The number of anilines is 1. The number of rotatable bonds is 4. The first-order valence-electron chi connectivity index (χ1n) is 9.03. The summed E-state index contributed by atoms with van der Waals surface area (Å²) in [4.78, 5) is 13.8. The number of piperidine rings is 1. The average molecular weight is 368 g/mol. The molecule has 1 aliphatic rings. The molecule has 0 bridgehead atoms. The van der Waals surface area contributed by atoms with E-state index in [2.05, 4.69) is 20.6 Å². The molecule has 0 radical (unpaired) electrons. The molecule has 1 saturated heterocycles. The first-order chi connectivity index (χ1) is 12.7. The highest BCUT2D eigenvalue weighted by atomic mass is 35.5. The molecule has 2 N–H and O–H groups in total. The average Bonchev–Trinajstić information content (AvgIpc) is 2.69. The highest BCUT2D eigenvalue weighted by molar-refractivity contribution is 6.31. The zero-order valence-corrected chi connectivity index (χ0v) is 15.6. The van der Waals surface area contributed by atoms with Gasteiger partial charge in [0.25, 0.3) is 0 Å². The van der Waals surface area contributed by atoms with E-state index in [0.717, 1.165) is 58.3 Å². The van der Waals surface area contributed by atoms with E-state index in [1.807, 2.05) is 31.2 Å². The van der Waals surface area contributed by atoms with Crippen LogP contribution in [0.1, 0.15) is 18.4 Å². The fourth-order valence-electron chi connectivity index (χ4n) is 3.33. The first-order valence-corrected chi connectivity index (χ1v) is 9.41. The number of aromatic nitrogens is 3. The Hall–Kier alpha value is -2.24. The number of fused-ring (bicyclic) bond motifs is 1. The Morgan fingerprint density at radius 3 is 2.92 bits per heavy atom. The Morgan fingerprint density at radius 2 is 2.12 bits per heavy atom. The van der Waals surface area contributed by atoms with E-state index < -0.39 is 0 Å². The van der Waals surface area contributed by atoms with Gasteiger partial charge >= 0.3 is 0 Å². The van der Waals surface area contributed by atoms with Crippen LogP contribution in [-0.4, -0.2) is 34.6 Å². The van der Waals surface area contributed by atoms with Gasteiger partial charge in [-0.05, 0) is 56.5 Å². The number of hydrogen-bond acceptors (Lipinski definition) is 5. The summed E-state index contributed by atoms with van der Waals surface area (Å²) in [5, 5.41) is 7.70. The first kappa shape index (κ1) is 17.2. The summed E-state index contributed by atoms with van der Waals surface area (Å²) >= 11 is 6.31. The van der Waals surface area contributed by atoms with Crippen molar-refractivity contribution in [3.8, 4) is 11.3 Å². The molecule has 3 aromatic rings. The zero-order valence-electron chi connectivity index (χ0n) is 14.8. The van der Waals surface area contributed by atoms with Gasteiger partial charge in [0.2, 0.25) is 0 Å². The predicted octanol–water partition coefficient (Wildman–Crippen LogP) is 4.07. The van der Waals surface area contributed by atoms with Gasteiger partial charge in [0.15, 0.2) is 5.82 Å². The van der Waals surface area contributed by atoms with Crippen LogP contribution in [0, 0.1) is 12.8 Å². The molecule has 6 heteroatoms. The number of nitrogens with zero attached hydrogens (tertiary/aromatic N) is 3. The molecule has 0 unspecified atom stereocenters. The lowest BCUT2D eigenvalue weighted by Crippen LogP contribution is -2.33. The van der Waals surface area contributed by atoms with Crippen molar-refractivity contribution in [2.24, 2.45) is 5.92 Å². The number of nitrogens with one attached hydrogen (secondary N) is 2. The van der Waals surface area contributed by atoms with Crippen LogP contribution in [0.15, 0.2) is 36.7 Å². The number of halogens is 1. The largest absolute Gasteiger partial charge is 0.368 e. The van der Waals surface area contributed by atoms with E-state index in [1.54, 1.807) is 12.4 Å². The minimum atomic E-state index is 0.606. The zero-order chi connectivity index (χ0) is 17.9. The fraction of sp³-hybridized carbons (Fsp3) is 0.350. The van der Waals surface area contributed by atoms with Crippen molar-refractivity contribution in [2.45, 2.75) is 19.8 Å². The topological polar surface area (TPSA) is 62.7 Å². The number of hydrogen-bond donors (Lipinski definition) is 2. The molecule has 0 saturated carbocycles. The van der Waals surface area contributed by atoms with Crippen LogP contribution in [0.3, 0.4) is 0 Å². The Bertz CT molecular complexity index is 921. The molecule has 0 amide bonds. The Morgan fingerprint density at radius 1 is 1.23 bits per heavy atom. The van der Waals surface area contributed by atoms with Crippen LogP contribution >= 0.6 is 11.6 Å². The second-order valence-corrected chi connectivity index (χ2v) is 7.24. The number of aryl methyl sites for hydroxylation is 1. The second-order valence-electron chi connectivity index (χ2n) is 6.84. The van der Waals surface area contributed by atoms with Gasteiger partial charge in [-0.1, -0.05) is 23.7 Å². The summed E-state index contributed by atoms with van der Waals surface area (Å²) < 4.78 is 0. The summed E-state index contributed by atoms with van der Waals surface area (Å²) in [6.07, 6.45) is 5.88. The summed E-state index contributed by atoms with van der Waals surface area (Å²) in [5.41, 5.74) is 4.52. The van der Waals surface area contributed by atoms with Gasteiger partial charge in [-0.3, -0.25) is 4.98 Å². The molecule has 1 aliphatic heterocycles. The molecule has 1 fully saturated rings. The Kier molecular flexibility index (Phi) is 5.00. The van der Waals surface area contributed by atoms with E-state index in [1.165, 1.54) is 12.8 Å². The fourth-order valence-corrected chi connectivity index (χ4v) is 3.52. The van der Waals surface area contributed by atoms with E-state index in [4.69, 9.17) is 16.6 Å². The van der Waals surface area contributed by atoms with Gasteiger partial charge in [-0.25, -0.2) is 9.97 Å². The van der Waals surface area contributed by atoms with Crippen molar-refractivity contribution in [1.29, 1.82) is 0 Å². The van der Waals surface area contributed by atoms with Gasteiger partial charge in [0, 0.05) is 29.5 Å². The molecule has 26 heavy (non-hydrogen) atoms. The summed E-state index contributed by atoms with van der Waals surface area (Å²) in [6.45, 7) is 5.04. The van der Waals surface area contributed by atoms with Gasteiger partial charge in [-0.15, -0.1) is 0 Å².